The van der Waals surface area contributed by atoms with Gasteiger partial charge in [0.25, 0.3) is 5.91 Å². The summed E-state index contributed by atoms with van der Waals surface area (Å²) in [5.41, 5.74) is 0.632. The molecule has 0 saturated carbocycles. The van der Waals surface area contributed by atoms with E-state index < -0.39 is 18.3 Å². The molecular weight excluding hydrogens is 350 g/mol. The van der Waals surface area contributed by atoms with Gasteiger partial charge in [0.15, 0.2) is 6.61 Å². The van der Waals surface area contributed by atoms with Gasteiger partial charge in [-0.1, -0.05) is 25.1 Å². The van der Waals surface area contributed by atoms with Gasteiger partial charge in [0.05, 0.1) is 0 Å². The normalized spacial score (nSPS) is 16.9. The van der Waals surface area contributed by atoms with E-state index >= 15 is 0 Å². The zero-order chi connectivity index (χ0) is 19.2. The van der Waals surface area contributed by atoms with Gasteiger partial charge in [-0.05, 0) is 37.8 Å². The molecule has 27 heavy (non-hydrogen) atoms. The number of rotatable bonds is 6. The third-order valence-electron chi connectivity index (χ3n) is 4.68. The van der Waals surface area contributed by atoms with E-state index in [0.717, 1.165) is 30.4 Å². The quantitative estimate of drug-likeness (QED) is 0.717. The first kappa shape index (κ1) is 18.9. The number of carbonyl (C=O) groups excluding carboxylic acids is 2. The number of hydrogen-bond donors (Lipinski definition) is 0. The Hall–Kier alpha value is -2.90. The zero-order valence-electron chi connectivity index (χ0n) is 15.3. The van der Waals surface area contributed by atoms with Crippen LogP contribution in [0.1, 0.15) is 32.6 Å². The van der Waals surface area contributed by atoms with E-state index in [-0.39, 0.29) is 24.4 Å². The van der Waals surface area contributed by atoms with Crippen LogP contribution in [-0.4, -0.2) is 45.8 Å². The molecule has 0 N–H and O–H groups in total. The second-order valence-corrected chi connectivity index (χ2v) is 6.50. The predicted octanol–water partition coefficient (Wildman–Crippen LogP) is 1.84. The molecule has 1 amide bonds. The molecule has 0 aliphatic carbocycles. The summed E-state index contributed by atoms with van der Waals surface area (Å²) in [4.78, 5) is 38.0. The van der Waals surface area contributed by atoms with Crippen molar-refractivity contribution in [3.8, 4) is 11.5 Å². The highest BCUT2D eigenvalue weighted by Gasteiger charge is 2.26. The predicted molar refractivity (Wildman–Crippen MR) is 96.8 cm³/mol. The van der Waals surface area contributed by atoms with Gasteiger partial charge in [0, 0.05) is 18.2 Å². The largest absolute Gasteiger partial charge is 0.454 e. The van der Waals surface area contributed by atoms with Crippen LogP contribution in [-0.2, 0) is 20.9 Å². The molecule has 8 heteroatoms. The number of benzene rings is 1. The highest BCUT2D eigenvalue weighted by Crippen LogP contribution is 2.19. The Labute approximate surface area is 156 Å². The average molecular weight is 373 g/mol. The van der Waals surface area contributed by atoms with Crippen LogP contribution in [0.2, 0.25) is 0 Å². The monoisotopic (exact) mass is 373 g/mol. The molecule has 3 rings (SSSR count). The fraction of sp³-hybridized carbons (Fsp3) is 0.474. The van der Waals surface area contributed by atoms with Crippen molar-refractivity contribution in [1.29, 1.82) is 0 Å². The van der Waals surface area contributed by atoms with Crippen LogP contribution in [0.15, 0.2) is 39.5 Å². The Morgan fingerprint density at radius 3 is 2.78 bits per heavy atom. The summed E-state index contributed by atoms with van der Waals surface area (Å²) in [6.45, 7) is 2.01. The molecule has 1 aromatic carbocycles. The molecule has 1 atom stereocenters. The SMILES string of the molecule is CC[C@H]1CCCCN1C(=O)COC(=O)Cn1nc(-c2ccccc2)oc1=O. The van der Waals surface area contributed by atoms with Crippen LogP contribution in [0, 0.1) is 0 Å². The Morgan fingerprint density at radius 1 is 1.26 bits per heavy atom. The molecule has 2 heterocycles. The number of nitrogens with zero attached hydrogens (tertiary/aromatic N) is 3. The Balaban J connectivity index is 1.56. The first-order valence-electron chi connectivity index (χ1n) is 9.17. The number of esters is 1. The molecule has 1 saturated heterocycles. The van der Waals surface area contributed by atoms with Crippen molar-refractivity contribution in [2.24, 2.45) is 0 Å². The van der Waals surface area contributed by atoms with Crippen LogP contribution in [0.3, 0.4) is 0 Å². The minimum Gasteiger partial charge on any atom is -0.454 e. The summed E-state index contributed by atoms with van der Waals surface area (Å²) in [6, 6.07) is 9.11. The van der Waals surface area contributed by atoms with Crippen molar-refractivity contribution in [2.75, 3.05) is 13.2 Å². The lowest BCUT2D eigenvalue weighted by atomic mass is 10.00. The molecule has 0 radical (unpaired) electrons. The van der Waals surface area contributed by atoms with E-state index in [9.17, 15) is 14.4 Å². The third-order valence-corrected chi connectivity index (χ3v) is 4.68. The van der Waals surface area contributed by atoms with E-state index in [1.54, 1.807) is 29.2 Å². The molecule has 8 nitrogen and oxygen atoms in total. The maximum Gasteiger partial charge on any atom is 0.437 e. The Kier molecular flexibility index (Phi) is 6.05. The zero-order valence-corrected chi connectivity index (χ0v) is 15.3. The van der Waals surface area contributed by atoms with E-state index in [4.69, 9.17) is 9.15 Å². The molecule has 144 valence electrons. The highest BCUT2D eigenvalue weighted by atomic mass is 16.5. The van der Waals surface area contributed by atoms with Gasteiger partial charge in [-0.2, -0.15) is 4.68 Å². The lowest BCUT2D eigenvalue weighted by Gasteiger charge is -2.35. The number of ether oxygens (including phenoxy) is 1. The summed E-state index contributed by atoms with van der Waals surface area (Å²) in [7, 11) is 0. The number of piperidine rings is 1. The standard InChI is InChI=1S/C19H23N3O5/c1-2-15-10-6-7-11-21(15)16(23)13-26-17(24)12-22-19(25)27-18(20-22)14-8-4-3-5-9-14/h3-5,8-9,15H,2,6-7,10-13H2,1H3/t15-/m0/s1. The second kappa shape index (κ2) is 8.66. The number of aromatic nitrogens is 2. The third kappa shape index (κ3) is 4.64. The topological polar surface area (TPSA) is 94.6 Å². The molecule has 1 aliphatic heterocycles. The van der Waals surface area contributed by atoms with E-state index in [0.29, 0.717) is 12.1 Å². The van der Waals surface area contributed by atoms with Crippen LogP contribution in [0.5, 0.6) is 0 Å². The number of hydrogen-bond acceptors (Lipinski definition) is 6. The summed E-state index contributed by atoms with van der Waals surface area (Å²) in [5, 5.41) is 4.00. The van der Waals surface area contributed by atoms with Crippen LogP contribution >= 0.6 is 0 Å². The summed E-state index contributed by atoms with van der Waals surface area (Å²) < 4.78 is 11.0. The summed E-state index contributed by atoms with van der Waals surface area (Å²) in [6.07, 6.45) is 3.94. The van der Waals surface area contributed by atoms with Gasteiger partial charge >= 0.3 is 11.7 Å². The Bertz CT molecular complexity index is 843. The lowest BCUT2D eigenvalue weighted by molar-refractivity contribution is -0.154. The average Bonchev–Trinajstić information content (AvgIpc) is 3.07. The second-order valence-electron chi connectivity index (χ2n) is 6.50. The van der Waals surface area contributed by atoms with Gasteiger partial charge in [0.2, 0.25) is 5.89 Å². The van der Waals surface area contributed by atoms with Crippen molar-refractivity contribution >= 4 is 11.9 Å². The maximum absolute atomic E-state index is 12.3. The molecule has 1 aliphatic rings. The molecule has 1 fully saturated rings. The van der Waals surface area contributed by atoms with Crippen LogP contribution in [0.4, 0.5) is 0 Å². The molecular formula is C19H23N3O5. The van der Waals surface area contributed by atoms with Gasteiger partial charge < -0.3 is 14.1 Å². The minimum absolute atomic E-state index is 0.128. The maximum atomic E-state index is 12.3. The van der Waals surface area contributed by atoms with E-state index in [2.05, 4.69) is 5.10 Å². The molecule has 0 bridgehead atoms. The summed E-state index contributed by atoms with van der Waals surface area (Å²) >= 11 is 0. The van der Waals surface area contributed by atoms with E-state index in [1.807, 2.05) is 13.0 Å². The van der Waals surface area contributed by atoms with Crippen molar-refractivity contribution < 1.29 is 18.7 Å². The Morgan fingerprint density at radius 2 is 2.04 bits per heavy atom. The fourth-order valence-corrected chi connectivity index (χ4v) is 3.25. The molecule has 0 spiro atoms. The van der Waals surface area contributed by atoms with Crippen molar-refractivity contribution in [3.63, 3.8) is 0 Å². The smallest absolute Gasteiger partial charge is 0.437 e. The van der Waals surface area contributed by atoms with E-state index in [1.165, 1.54) is 0 Å². The number of amides is 1. The fourth-order valence-electron chi connectivity index (χ4n) is 3.25. The van der Waals surface area contributed by atoms with Crippen LogP contribution < -0.4 is 5.76 Å². The van der Waals surface area contributed by atoms with Crippen molar-refractivity contribution in [3.05, 3.63) is 40.9 Å². The van der Waals surface area contributed by atoms with Crippen LogP contribution in [0.25, 0.3) is 11.5 Å². The van der Waals surface area contributed by atoms with Crippen molar-refractivity contribution in [2.45, 2.75) is 45.2 Å². The molecule has 1 aromatic heterocycles. The number of likely N-dealkylation sites (tertiary alicyclic amines) is 1. The van der Waals surface area contributed by atoms with Gasteiger partial charge in [-0.25, -0.2) is 4.79 Å². The van der Waals surface area contributed by atoms with Gasteiger partial charge in [-0.15, -0.1) is 5.10 Å². The van der Waals surface area contributed by atoms with Gasteiger partial charge in [-0.3, -0.25) is 9.59 Å². The summed E-state index contributed by atoms with van der Waals surface area (Å²) in [5.74, 6) is -1.53. The molecule has 0 unspecified atom stereocenters. The first-order chi connectivity index (χ1) is 13.1. The minimum atomic E-state index is -0.751. The van der Waals surface area contributed by atoms with Crippen molar-refractivity contribution in [1.82, 2.24) is 14.7 Å². The molecule has 2 aromatic rings. The highest BCUT2D eigenvalue weighted by molar-refractivity contribution is 5.81. The lowest BCUT2D eigenvalue weighted by Crippen LogP contribution is -2.45. The first-order valence-corrected chi connectivity index (χ1v) is 9.17. The van der Waals surface area contributed by atoms with Gasteiger partial charge in [0.1, 0.15) is 6.54 Å². The number of carbonyl (C=O) groups is 2.